The molecule has 0 aromatic rings. The van der Waals surface area contributed by atoms with Gasteiger partial charge in [-0.3, -0.25) is 9.59 Å². The van der Waals surface area contributed by atoms with Gasteiger partial charge in [-0.1, -0.05) is 32.6 Å². The fourth-order valence-corrected chi connectivity index (χ4v) is 3.63. The summed E-state index contributed by atoms with van der Waals surface area (Å²) in [6.45, 7) is 1.94. The van der Waals surface area contributed by atoms with Crippen LogP contribution in [-0.4, -0.2) is 34.7 Å². The number of carboxylic acids is 1. The zero-order valence-electron chi connectivity index (χ0n) is 12.9. The second-order valence-corrected chi connectivity index (χ2v) is 6.49. The van der Waals surface area contributed by atoms with Crippen LogP contribution in [0, 0.1) is 0 Å². The molecule has 2 N–H and O–H groups in total. The molecular weight excluding hydrogens is 270 g/mol. The Morgan fingerprint density at radius 3 is 2.38 bits per heavy atom. The SMILES string of the molecule is CCC(OC1CCCC1)C(=O)NC1(CC(=O)O)CCCC1. The molecule has 0 bridgehead atoms. The van der Waals surface area contributed by atoms with Gasteiger partial charge in [-0.05, 0) is 32.1 Å². The summed E-state index contributed by atoms with van der Waals surface area (Å²) in [6.07, 6.45) is 8.27. The minimum absolute atomic E-state index is 0.0125. The van der Waals surface area contributed by atoms with E-state index in [0.717, 1.165) is 38.5 Å². The minimum atomic E-state index is -0.845. The van der Waals surface area contributed by atoms with Gasteiger partial charge in [0.15, 0.2) is 0 Å². The minimum Gasteiger partial charge on any atom is -0.481 e. The van der Waals surface area contributed by atoms with E-state index >= 15 is 0 Å². The van der Waals surface area contributed by atoms with E-state index in [4.69, 9.17) is 9.84 Å². The van der Waals surface area contributed by atoms with Crippen LogP contribution in [0.4, 0.5) is 0 Å². The number of aliphatic carboxylic acids is 1. The predicted octanol–water partition coefficient (Wildman–Crippen LogP) is 2.63. The standard InChI is InChI=1S/C16H27NO4/c1-2-13(21-12-7-3-4-8-12)15(20)17-16(11-14(18)19)9-5-6-10-16/h12-13H,2-11H2,1H3,(H,17,20)(H,18,19). The maximum absolute atomic E-state index is 12.5. The molecule has 0 heterocycles. The zero-order valence-corrected chi connectivity index (χ0v) is 12.9. The lowest BCUT2D eigenvalue weighted by Crippen LogP contribution is -2.52. The molecule has 21 heavy (non-hydrogen) atoms. The van der Waals surface area contributed by atoms with Crippen LogP contribution in [0.3, 0.4) is 0 Å². The summed E-state index contributed by atoms with van der Waals surface area (Å²) in [5, 5.41) is 12.1. The molecule has 0 aromatic carbocycles. The van der Waals surface area contributed by atoms with E-state index in [0.29, 0.717) is 6.42 Å². The van der Waals surface area contributed by atoms with E-state index in [1.165, 1.54) is 12.8 Å². The summed E-state index contributed by atoms with van der Waals surface area (Å²) < 4.78 is 5.92. The van der Waals surface area contributed by atoms with E-state index in [-0.39, 0.29) is 18.4 Å². The molecule has 5 nitrogen and oxygen atoms in total. The smallest absolute Gasteiger partial charge is 0.305 e. The average molecular weight is 297 g/mol. The van der Waals surface area contributed by atoms with Gasteiger partial charge in [0.2, 0.25) is 5.91 Å². The maximum atomic E-state index is 12.5. The number of carbonyl (C=O) groups excluding carboxylic acids is 1. The summed E-state index contributed by atoms with van der Waals surface area (Å²) in [5.74, 6) is -0.977. The first-order valence-electron chi connectivity index (χ1n) is 8.24. The number of rotatable bonds is 7. The number of hydrogen-bond donors (Lipinski definition) is 2. The van der Waals surface area contributed by atoms with Crippen LogP contribution < -0.4 is 5.32 Å². The summed E-state index contributed by atoms with van der Waals surface area (Å²) >= 11 is 0. The molecule has 0 spiro atoms. The second kappa shape index (κ2) is 7.25. The first-order valence-corrected chi connectivity index (χ1v) is 8.24. The van der Waals surface area contributed by atoms with Crippen molar-refractivity contribution < 1.29 is 19.4 Å². The summed E-state index contributed by atoms with van der Waals surface area (Å²) in [7, 11) is 0. The van der Waals surface area contributed by atoms with E-state index in [1.807, 2.05) is 6.92 Å². The van der Waals surface area contributed by atoms with Crippen LogP contribution in [0.25, 0.3) is 0 Å². The average Bonchev–Trinajstić information content (AvgIpc) is 3.07. The van der Waals surface area contributed by atoms with E-state index in [2.05, 4.69) is 5.32 Å². The fourth-order valence-electron chi connectivity index (χ4n) is 3.63. The van der Waals surface area contributed by atoms with Crippen molar-refractivity contribution in [1.82, 2.24) is 5.32 Å². The molecule has 0 aromatic heterocycles. The molecule has 1 amide bonds. The van der Waals surface area contributed by atoms with Gasteiger partial charge in [-0.2, -0.15) is 0 Å². The van der Waals surface area contributed by atoms with E-state index < -0.39 is 17.6 Å². The Labute approximate surface area is 126 Å². The lowest BCUT2D eigenvalue weighted by Gasteiger charge is -2.31. The van der Waals surface area contributed by atoms with Gasteiger partial charge < -0.3 is 15.2 Å². The van der Waals surface area contributed by atoms with Crippen molar-refractivity contribution >= 4 is 11.9 Å². The normalized spacial score (nSPS) is 23.1. The van der Waals surface area contributed by atoms with Gasteiger partial charge in [0, 0.05) is 0 Å². The second-order valence-electron chi connectivity index (χ2n) is 6.49. The monoisotopic (exact) mass is 297 g/mol. The van der Waals surface area contributed by atoms with Crippen molar-refractivity contribution in [3.05, 3.63) is 0 Å². The van der Waals surface area contributed by atoms with Crippen molar-refractivity contribution in [3.8, 4) is 0 Å². The fraction of sp³-hybridized carbons (Fsp3) is 0.875. The topological polar surface area (TPSA) is 75.6 Å². The van der Waals surface area contributed by atoms with Crippen molar-refractivity contribution in [3.63, 3.8) is 0 Å². The molecule has 0 saturated heterocycles. The van der Waals surface area contributed by atoms with Crippen LogP contribution in [0.15, 0.2) is 0 Å². The van der Waals surface area contributed by atoms with Crippen LogP contribution in [0.2, 0.25) is 0 Å². The van der Waals surface area contributed by atoms with Crippen LogP contribution in [0.1, 0.15) is 71.1 Å². The Bertz CT molecular complexity index is 370. The first-order chi connectivity index (χ1) is 10.0. The largest absolute Gasteiger partial charge is 0.481 e. The number of hydrogen-bond acceptors (Lipinski definition) is 3. The third-order valence-corrected chi connectivity index (χ3v) is 4.76. The zero-order chi connectivity index (χ0) is 15.3. The van der Waals surface area contributed by atoms with Crippen LogP contribution >= 0.6 is 0 Å². The maximum Gasteiger partial charge on any atom is 0.305 e. The van der Waals surface area contributed by atoms with Gasteiger partial charge in [-0.25, -0.2) is 0 Å². The van der Waals surface area contributed by atoms with Gasteiger partial charge in [0.05, 0.1) is 18.1 Å². The Kier molecular flexibility index (Phi) is 5.62. The molecule has 1 unspecified atom stereocenters. The number of amides is 1. The third-order valence-electron chi connectivity index (χ3n) is 4.76. The Morgan fingerprint density at radius 1 is 1.24 bits per heavy atom. The lowest BCUT2D eigenvalue weighted by molar-refractivity contribution is -0.142. The molecule has 120 valence electrons. The molecular formula is C16H27NO4. The van der Waals surface area contributed by atoms with Crippen molar-refractivity contribution in [2.24, 2.45) is 0 Å². The third kappa shape index (κ3) is 4.43. The molecule has 0 radical (unpaired) electrons. The molecule has 1 atom stereocenters. The number of carboxylic acid groups (broad SMARTS) is 1. The van der Waals surface area contributed by atoms with E-state index in [9.17, 15) is 9.59 Å². The van der Waals surface area contributed by atoms with E-state index in [1.54, 1.807) is 0 Å². The summed E-state index contributed by atoms with van der Waals surface area (Å²) in [5.41, 5.74) is -0.560. The van der Waals surface area contributed by atoms with Crippen LogP contribution in [-0.2, 0) is 14.3 Å². The number of carbonyl (C=O) groups is 2. The van der Waals surface area contributed by atoms with Gasteiger partial charge in [-0.15, -0.1) is 0 Å². The van der Waals surface area contributed by atoms with Crippen LogP contribution in [0.5, 0.6) is 0 Å². The van der Waals surface area contributed by atoms with Crippen molar-refractivity contribution in [2.45, 2.75) is 88.9 Å². The molecule has 2 aliphatic rings. The highest BCUT2D eigenvalue weighted by atomic mass is 16.5. The summed E-state index contributed by atoms with van der Waals surface area (Å²) in [6, 6.07) is 0. The molecule has 2 aliphatic carbocycles. The van der Waals surface area contributed by atoms with Crippen molar-refractivity contribution in [2.75, 3.05) is 0 Å². The Morgan fingerprint density at radius 2 is 1.86 bits per heavy atom. The number of ether oxygens (including phenoxy) is 1. The quantitative estimate of drug-likeness (QED) is 0.757. The molecule has 2 rings (SSSR count). The summed E-state index contributed by atoms with van der Waals surface area (Å²) in [4.78, 5) is 23.6. The van der Waals surface area contributed by atoms with Gasteiger partial charge in [0.25, 0.3) is 0 Å². The molecule has 2 fully saturated rings. The Hall–Kier alpha value is -1.10. The van der Waals surface area contributed by atoms with Gasteiger partial charge >= 0.3 is 5.97 Å². The molecule has 0 aliphatic heterocycles. The molecule has 2 saturated carbocycles. The first kappa shape index (κ1) is 16.3. The molecule has 5 heteroatoms. The predicted molar refractivity (Wildman–Crippen MR) is 79.0 cm³/mol. The lowest BCUT2D eigenvalue weighted by atomic mass is 9.92. The van der Waals surface area contributed by atoms with Gasteiger partial charge in [0.1, 0.15) is 6.10 Å². The highest BCUT2D eigenvalue weighted by Crippen LogP contribution is 2.33. The number of nitrogens with one attached hydrogen (secondary N) is 1. The highest BCUT2D eigenvalue weighted by Gasteiger charge is 2.39. The highest BCUT2D eigenvalue weighted by molar-refractivity contribution is 5.82. The van der Waals surface area contributed by atoms with Crippen molar-refractivity contribution in [1.29, 1.82) is 0 Å². The Balaban J connectivity index is 1.94.